The first-order valence-electron chi connectivity index (χ1n) is 6.09. The second kappa shape index (κ2) is 5.23. The van der Waals surface area contributed by atoms with E-state index in [2.05, 4.69) is 0 Å². The average molecular weight is 246 g/mol. The maximum atomic E-state index is 11.9. The van der Waals surface area contributed by atoms with Gasteiger partial charge in [-0.2, -0.15) is 0 Å². The molecule has 0 aliphatic heterocycles. The van der Waals surface area contributed by atoms with Gasteiger partial charge in [-0.1, -0.05) is 12.1 Å². The fraction of sp³-hybridized carbons (Fsp3) is 0.357. The lowest BCUT2D eigenvalue weighted by Gasteiger charge is -2.15. The summed E-state index contributed by atoms with van der Waals surface area (Å²) in [5, 5.41) is 10.3. The number of amides is 1. The molecular formula is C14H18N2O2. The van der Waals surface area contributed by atoms with Gasteiger partial charge in [0, 0.05) is 30.7 Å². The highest BCUT2D eigenvalue weighted by Crippen LogP contribution is 2.20. The first-order valence-corrected chi connectivity index (χ1v) is 6.09. The first kappa shape index (κ1) is 12.6. The Morgan fingerprint density at radius 1 is 1.39 bits per heavy atom. The van der Waals surface area contributed by atoms with Crippen LogP contribution in [-0.2, 0) is 17.9 Å². The molecule has 2 aromatic rings. The minimum Gasteiger partial charge on any atom is -0.392 e. The van der Waals surface area contributed by atoms with Crippen LogP contribution in [0.1, 0.15) is 12.5 Å². The number of carbonyl (C=O) groups is 1. The largest absolute Gasteiger partial charge is 0.392 e. The van der Waals surface area contributed by atoms with E-state index in [9.17, 15) is 9.90 Å². The van der Waals surface area contributed by atoms with Crippen molar-refractivity contribution in [1.29, 1.82) is 0 Å². The zero-order valence-corrected chi connectivity index (χ0v) is 10.8. The van der Waals surface area contributed by atoms with E-state index in [0.29, 0.717) is 13.1 Å². The Morgan fingerprint density at radius 2 is 2.17 bits per heavy atom. The maximum Gasteiger partial charge on any atom is 0.242 e. The summed E-state index contributed by atoms with van der Waals surface area (Å²) in [4.78, 5) is 13.6. The second-order valence-electron chi connectivity index (χ2n) is 4.36. The van der Waals surface area contributed by atoms with Gasteiger partial charge in [0.1, 0.15) is 6.54 Å². The molecule has 0 unspecified atom stereocenters. The van der Waals surface area contributed by atoms with Crippen LogP contribution >= 0.6 is 0 Å². The number of benzene rings is 1. The zero-order chi connectivity index (χ0) is 13.1. The number of aliphatic hydroxyl groups is 1. The van der Waals surface area contributed by atoms with Gasteiger partial charge in [0.05, 0.1) is 6.61 Å². The fourth-order valence-electron chi connectivity index (χ4n) is 2.01. The molecule has 1 heterocycles. The van der Waals surface area contributed by atoms with E-state index in [1.54, 1.807) is 11.9 Å². The summed E-state index contributed by atoms with van der Waals surface area (Å²) in [5.74, 6) is 0.0874. The third kappa shape index (κ3) is 2.24. The smallest absolute Gasteiger partial charge is 0.242 e. The van der Waals surface area contributed by atoms with Crippen molar-refractivity contribution >= 4 is 16.8 Å². The van der Waals surface area contributed by atoms with E-state index < -0.39 is 0 Å². The number of carbonyl (C=O) groups excluding carboxylic acids is 1. The molecule has 0 aliphatic rings. The number of aliphatic hydroxyl groups excluding tert-OH is 1. The van der Waals surface area contributed by atoms with Crippen molar-refractivity contribution in [2.24, 2.45) is 0 Å². The molecule has 0 fully saturated rings. The minimum atomic E-state index is 0.0180. The van der Waals surface area contributed by atoms with Gasteiger partial charge in [0.15, 0.2) is 0 Å². The number of aromatic nitrogens is 1. The normalized spacial score (nSPS) is 10.8. The van der Waals surface area contributed by atoms with Crippen molar-refractivity contribution in [2.75, 3.05) is 13.6 Å². The van der Waals surface area contributed by atoms with Crippen molar-refractivity contribution in [3.8, 4) is 0 Å². The third-order valence-electron chi connectivity index (χ3n) is 3.28. The van der Waals surface area contributed by atoms with Gasteiger partial charge in [-0.05, 0) is 24.6 Å². The summed E-state index contributed by atoms with van der Waals surface area (Å²) in [5.41, 5.74) is 1.88. The monoisotopic (exact) mass is 246 g/mol. The van der Waals surface area contributed by atoms with Gasteiger partial charge in [0.25, 0.3) is 0 Å². The number of nitrogens with zero attached hydrogens (tertiary/aromatic N) is 2. The second-order valence-corrected chi connectivity index (χ2v) is 4.36. The first-order chi connectivity index (χ1) is 8.67. The van der Waals surface area contributed by atoms with Crippen molar-refractivity contribution in [3.63, 3.8) is 0 Å². The lowest BCUT2D eigenvalue weighted by molar-refractivity contribution is -0.130. The maximum absolute atomic E-state index is 11.9. The summed E-state index contributed by atoms with van der Waals surface area (Å²) in [7, 11) is 1.80. The lowest BCUT2D eigenvalue weighted by Crippen LogP contribution is -2.29. The predicted molar refractivity (Wildman–Crippen MR) is 71.2 cm³/mol. The third-order valence-corrected chi connectivity index (χ3v) is 3.28. The molecule has 0 saturated carbocycles. The fourth-order valence-corrected chi connectivity index (χ4v) is 2.01. The Labute approximate surface area is 106 Å². The number of hydrogen-bond acceptors (Lipinski definition) is 2. The molecule has 0 radical (unpaired) electrons. The van der Waals surface area contributed by atoms with Crippen LogP contribution < -0.4 is 0 Å². The molecule has 4 heteroatoms. The molecule has 0 spiro atoms. The van der Waals surface area contributed by atoms with E-state index >= 15 is 0 Å². The molecule has 18 heavy (non-hydrogen) atoms. The van der Waals surface area contributed by atoms with Gasteiger partial charge in [-0.3, -0.25) is 4.79 Å². The molecule has 96 valence electrons. The molecule has 4 nitrogen and oxygen atoms in total. The van der Waals surface area contributed by atoms with Crippen molar-refractivity contribution in [3.05, 3.63) is 36.0 Å². The van der Waals surface area contributed by atoms with Crippen LogP contribution in [0.4, 0.5) is 0 Å². The van der Waals surface area contributed by atoms with Crippen LogP contribution in [0.25, 0.3) is 10.9 Å². The van der Waals surface area contributed by atoms with Gasteiger partial charge >= 0.3 is 0 Å². The van der Waals surface area contributed by atoms with E-state index in [4.69, 9.17) is 0 Å². The zero-order valence-electron chi connectivity index (χ0n) is 10.8. The van der Waals surface area contributed by atoms with E-state index in [1.165, 1.54) is 0 Å². The van der Waals surface area contributed by atoms with Crippen LogP contribution in [-0.4, -0.2) is 34.1 Å². The van der Waals surface area contributed by atoms with Gasteiger partial charge in [-0.15, -0.1) is 0 Å². The summed E-state index contributed by atoms with van der Waals surface area (Å²) in [6, 6.07) is 7.71. The Bertz CT molecular complexity index is 560. The Morgan fingerprint density at radius 3 is 2.83 bits per heavy atom. The highest BCUT2D eigenvalue weighted by molar-refractivity contribution is 5.85. The highest BCUT2D eigenvalue weighted by atomic mass is 16.3. The topological polar surface area (TPSA) is 45.5 Å². The van der Waals surface area contributed by atoms with Crippen molar-refractivity contribution in [1.82, 2.24) is 9.47 Å². The molecule has 0 saturated heterocycles. The standard InChI is InChI=1S/C14H18N2O2/c1-3-15(2)14(18)9-16-8-7-12-11(10-17)5-4-6-13(12)16/h4-8,17H,3,9-10H2,1-2H3. The SMILES string of the molecule is CCN(C)C(=O)Cn1ccc2c(CO)cccc21. The van der Waals surface area contributed by atoms with Gasteiger partial charge in [-0.25, -0.2) is 0 Å². The number of hydrogen-bond donors (Lipinski definition) is 1. The molecular weight excluding hydrogens is 228 g/mol. The summed E-state index contributed by atoms with van der Waals surface area (Å²) in [6.07, 6.45) is 1.89. The predicted octanol–water partition coefficient (Wildman–Crippen LogP) is 1.61. The summed E-state index contributed by atoms with van der Waals surface area (Å²) >= 11 is 0. The lowest BCUT2D eigenvalue weighted by atomic mass is 10.1. The molecule has 0 atom stereocenters. The Kier molecular flexibility index (Phi) is 3.67. The summed E-state index contributed by atoms with van der Waals surface area (Å²) in [6.45, 7) is 3.02. The molecule has 2 rings (SSSR count). The van der Waals surface area contributed by atoms with Gasteiger partial charge < -0.3 is 14.6 Å². The number of fused-ring (bicyclic) bond motifs is 1. The molecule has 1 aromatic heterocycles. The molecule has 1 amide bonds. The quantitative estimate of drug-likeness (QED) is 0.891. The van der Waals surface area contributed by atoms with Crippen molar-refractivity contribution in [2.45, 2.75) is 20.1 Å². The summed E-state index contributed by atoms with van der Waals surface area (Å²) < 4.78 is 1.92. The Balaban J connectivity index is 2.33. The molecule has 0 bridgehead atoms. The van der Waals surface area contributed by atoms with Gasteiger partial charge in [0.2, 0.25) is 5.91 Å². The van der Waals surface area contributed by atoms with Crippen LogP contribution in [0.3, 0.4) is 0 Å². The number of rotatable bonds is 4. The van der Waals surface area contributed by atoms with E-state index in [1.807, 2.05) is 42.0 Å². The Hall–Kier alpha value is -1.81. The highest BCUT2D eigenvalue weighted by Gasteiger charge is 2.10. The molecule has 0 aliphatic carbocycles. The van der Waals surface area contributed by atoms with Crippen LogP contribution in [0, 0.1) is 0 Å². The van der Waals surface area contributed by atoms with Crippen molar-refractivity contribution < 1.29 is 9.90 Å². The average Bonchev–Trinajstić information content (AvgIpc) is 2.81. The van der Waals surface area contributed by atoms with E-state index in [0.717, 1.165) is 16.5 Å². The molecule has 1 aromatic carbocycles. The van der Waals surface area contributed by atoms with Crippen LogP contribution in [0.2, 0.25) is 0 Å². The number of likely N-dealkylation sites (N-methyl/N-ethyl adjacent to an activating group) is 1. The van der Waals surface area contributed by atoms with Crippen LogP contribution in [0.15, 0.2) is 30.5 Å². The van der Waals surface area contributed by atoms with E-state index in [-0.39, 0.29) is 12.5 Å². The van der Waals surface area contributed by atoms with Crippen LogP contribution in [0.5, 0.6) is 0 Å². The molecule has 1 N–H and O–H groups in total. The minimum absolute atomic E-state index is 0.0180.